The van der Waals surface area contributed by atoms with E-state index in [1.807, 2.05) is 30.3 Å². The summed E-state index contributed by atoms with van der Waals surface area (Å²) in [6.45, 7) is -0.204. The molecule has 188 valence electrons. The van der Waals surface area contributed by atoms with E-state index in [1.165, 1.54) is 18.2 Å². The second-order valence-electron chi connectivity index (χ2n) is 7.43. The van der Waals surface area contributed by atoms with Gasteiger partial charge < -0.3 is 25.5 Å². The van der Waals surface area contributed by atoms with E-state index in [1.54, 1.807) is 0 Å². The second kappa shape index (κ2) is 12.6. The van der Waals surface area contributed by atoms with Crippen molar-refractivity contribution in [2.45, 2.75) is 19.0 Å². The summed E-state index contributed by atoms with van der Waals surface area (Å²) in [5, 5.41) is 19.6. The average Bonchev–Trinajstić information content (AvgIpc) is 3.29. The number of hydrogen-bond acceptors (Lipinski definition) is 6. The molecule has 0 spiro atoms. The number of benzene rings is 2. The fourth-order valence-corrected chi connectivity index (χ4v) is 3.60. The Hall–Kier alpha value is -4.09. The van der Waals surface area contributed by atoms with Crippen molar-refractivity contribution < 1.29 is 28.7 Å². The monoisotopic (exact) mass is 533 g/mol. The quantitative estimate of drug-likeness (QED) is 0.266. The minimum atomic E-state index is -1.16. The fourth-order valence-electron chi connectivity index (χ4n) is 3.05. The standard InChI is InChI=1S/C23H21Cl2N5O6/c24-15-6-14(7-16(25)8-15)17(9-20(32)33)29-19(31)12-26-21(34)18-11-28-23(36-18)30-22(35)27-10-13-4-2-1-3-5-13/h1-8,11,17H,9-10,12H2,(H,26,34)(H,29,31)(H,32,33)(H2,27,28,30,35). The molecule has 4 amide bonds. The summed E-state index contributed by atoms with van der Waals surface area (Å²) in [6, 6.07) is 11.9. The van der Waals surface area contributed by atoms with Crippen LogP contribution in [-0.2, 0) is 16.1 Å². The molecule has 1 heterocycles. The van der Waals surface area contributed by atoms with E-state index in [0.717, 1.165) is 11.8 Å². The fraction of sp³-hybridized carbons (Fsp3) is 0.174. The van der Waals surface area contributed by atoms with Crippen LogP contribution in [0.3, 0.4) is 0 Å². The molecule has 0 aliphatic rings. The highest BCUT2D eigenvalue weighted by Crippen LogP contribution is 2.25. The number of oxazole rings is 1. The molecule has 0 aliphatic heterocycles. The van der Waals surface area contributed by atoms with E-state index in [0.29, 0.717) is 5.56 Å². The number of carboxylic acids is 1. The van der Waals surface area contributed by atoms with Gasteiger partial charge in [0.1, 0.15) is 0 Å². The maximum Gasteiger partial charge on any atom is 0.323 e. The number of urea groups is 1. The summed E-state index contributed by atoms with van der Waals surface area (Å²) in [7, 11) is 0. The molecule has 3 aromatic rings. The van der Waals surface area contributed by atoms with Gasteiger partial charge in [0.15, 0.2) is 0 Å². The molecule has 11 nitrogen and oxygen atoms in total. The lowest BCUT2D eigenvalue weighted by molar-refractivity contribution is -0.137. The Balaban J connectivity index is 1.50. The lowest BCUT2D eigenvalue weighted by atomic mass is 10.0. The van der Waals surface area contributed by atoms with Gasteiger partial charge in [0.05, 0.1) is 25.2 Å². The molecular formula is C23H21Cl2N5O6. The molecule has 0 saturated heterocycles. The number of carbonyl (C=O) groups excluding carboxylic acids is 3. The van der Waals surface area contributed by atoms with E-state index in [9.17, 15) is 24.3 Å². The zero-order valence-electron chi connectivity index (χ0n) is 18.6. The third-order valence-corrected chi connectivity index (χ3v) is 5.09. The molecule has 3 rings (SSSR count). The number of hydrogen-bond donors (Lipinski definition) is 5. The third kappa shape index (κ3) is 8.29. The van der Waals surface area contributed by atoms with Crippen molar-refractivity contribution in [1.82, 2.24) is 20.9 Å². The minimum Gasteiger partial charge on any atom is -0.481 e. The summed E-state index contributed by atoms with van der Waals surface area (Å²) < 4.78 is 5.20. The summed E-state index contributed by atoms with van der Waals surface area (Å²) >= 11 is 11.9. The highest BCUT2D eigenvalue weighted by atomic mass is 35.5. The predicted molar refractivity (Wildman–Crippen MR) is 131 cm³/mol. The molecule has 5 N–H and O–H groups in total. The first-order valence-electron chi connectivity index (χ1n) is 10.5. The Labute approximate surface area is 215 Å². The number of carbonyl (C=O) groups is 4. The second-order valence-corrected chi connectivity index (χ2v) is 8.30. The van der Waals surface area contributed by atoms with E-state index < -0.39 is 42.8 Å². The molecule has 1 aromatic heterocycles. The van der Waals surface area contributed by atoms with Crippen molar-refractivity contribution in [2.75, 3.05) is 11.9 Å². The van der Waals surface area contributed by atoms with Crippen LogP contribution in [0.1, 0.15) is 34.1 Å². The highest BCUT2D eigenvalue weighted by molar-refractivity contribution is 6.34. The van der Waals surface area contributed by atoms with Crippen molar-refractivity contribution in [2.24, 2.45) is 0 Å². The number of carboxylic acid groups (broad SMARTS) is 1. The Bertz CT molecular complexity index is 1230. The van der Waals surface area contributed by atoms with Gasteiger partial charge in [0.2, 0.25) is 11.7 Å². The van der Waals surface area contributed by atoms with E-state index in [4.69, 9.17) is 27.6 Å². The van der Waals surface area contributed by atoms with Crippen molar-refractivity contribution in [3.8, 4) is 0 Å². The molecule has 36 heavy (non-hydrogen) atoms. The van der Waals surface area contributed by atoms with Crippen molar-refractivity contribution in [3.05, 3.63) is 81.7 Å². The molecule has 13 heteroatoms. The predicted octanol–water partition coefficient (Wildman–Crippen LogP) is 3.37. The number of aromatic nitrogens is 1. The number of rotatable bonds is 10. The summed E-state index contributed by atoms with van der Waals surface area (Å²) in [4.78, 5) is 51.7. The van der Waals surface area contributed by atoms with E-state index >= 15 is 0 Å². The smallest absolute Gasteiger partial charge is 0.323 e. The van der Waals surface area contributed by atoms with Crippen LogP contribution < -0.4 is 21.3 Å². The van der Waals surface area contributed by atoms with Crippen LogP contribution in [-0.4, -0.2) is 40.5 Å². The Morgan fingerprint density at radius 1 is 1.00 bits per heavy atom. The lowest BCUT2D eigenvalue weighted by Crippen LogP contribution is -2.39. The van der Waals surface area contributed by atoms with Crippen LogP contribution in [0.25, 0.3) is 0 Å². The zero-order valence-corrected chi connectivity index (χ0v) is 20.1. The van der Waals surface area contributed by atoms with Gasteiger partial charge >= 0.3 is 18.0 Å². The molecule has 1 atom stereocenters. The van der Waals surface area contributed by atoms with Gasteiger partial charge in [-0.2, -0.15) is 0 Å². The Morgan fingerprint density at radius 2 is 1.69 bits per heavy atom. The maximum absolute atomic E-state index is 12.4. The van der Waals surface area contributed by atoms with E-state index in [-0.39, 0.29) is 28.4 Å². The van der Waals surface area contributed by atoms with Crippen molar-refractivity contribution >= 4 is 53.0 Å². The highest BCUT2D eigenvalue weighted by Gasteiger charge is 2.20. The molecule has 2 aromatic carbocycles. The average molecular weight is 534 g/mol. The Kier molecular flexibility index (Phi) is 9.25. The van der Waals surface area contributed by atoms with Crippen LogP contribution in [0, 0.1) is 0 Å². The summed E-state index contributed by atoms with van der Waals surface area (Å²) in [5.41, 5.74) is 1.29. The number of amides is 4. The molecule has 0 radical (unpaired) electrons. The number of anilines is 1. The zero-order chi connectivity index (χ0) is 26.1. The first-order valence-corrected chi connectivity index (χ1v) is 11.2. The first kappa shape index (κ1) is 26.5. The number of halogens is 2. The van der Waals surface area contributed by atoms with Gasteiger partial charge in [-0.15, -0.1) is 0 Å². The van der Waals surface area contributed by atoms with Crippen LogP contribution in [0.5, 0.6) is 0 Å². The van der Waals surface area contributed by atoms with Gasteiger partial charge in [-0.25, -0.2) is 9.78 Å². The van der Waals surface area contributed by atoms with E-state index in [2.05, 4.69) is 26.3 Å². The molecule has 1 unspecified atom stereocenters. The normalized spacial score (nSPS) is 11.3. The van der Waals surface area contributed by atoms with Gasteiger partial charge in [-0.05, 0) is 29.3 Å². The van der Waals surface area contributed by atoms with Gasteiger partial charge in [-0.1, -0.05) is 53.5 Å². The first-order chi connectivity index (χ1) is 17.2. The van der Waals surface area contributed by atoms with Gasteiger partial charge in [-0.3, -0.25) is 19.7 Å². The summed E-state index contributed by atoms with van der Waals surface area (Å²) in [5.74, 6) is -2.83. The molecule has 0 bridgehead atoms. The van der Waals surface area contributed by atoms with Crippen LogP contribution in [0.4, 0.5) is 10.8 Å². The van der Waals surface area contributed by atoms with Crippen LogP contribution >= 0.6 is 23.2 Å². The summed E-state index contributed by atoms with van der Waals surface area (Å²) in [6.07, 6.45) is 0.654. The van der Waals surface area contributed by atoms with Crippen molar-refractivity contribution in [3.63, 3.8) is 0 Å². The number of nitrogens with zero attached hydrogens (tertiary/aromatic N) is 1. The molecule has 0 saturated carbocycles. The van der Waals surface area contributed by atoms with Crippen LogP contribution in [0.2, 0.25) is 10.0 Å². The van der Waals surface area contributed by atoms with Crippen LogP contribution in [0.15, 0.2) is 59.1 Å². The number of nitrogens with one attached hydrogen (secondary N) is 4. The van der Waals surface area contributed by atoms with Gasteiger partial charge in [0.25, 0.3) is 5.91 Å². The van der Waals surface area contributed by atoms with Gasteiger partial charge in [0, 0.05) is 16.6 Å². The van der Waals surface area contributed by atoms with Crippen molar-refractivity contribution in [1.29, 1.82) is 0 Å². The number of aliphatic carboxylic acids is 1. The Morgan fingerprint density at radius 3 is 2.36 bits per heavy atom. The SMILES string of the molecule is O=C(O)CC(NC(=O)CNC(=O)c1cnc(NC(=O)NCc2ccccc2)o1)c1cc(Cl)cc(Cl)c1. The lowest BCUT2D eigenvalue weighted by Gasteiger charge is -2.18. The maximum atomic E-state index is 12.4. The minimum absolute atomic E-state index is 0.213. The third-order valence-electron chi connectivity index (χ3n) is 4.66. The topological polar surface area (TPSA) is 163 Å². The largest absolute Gasteiger partial charge is 0.481 e. The molecule has 0 fully saturated rings. The molecular weight excluding hydrogens is 513 g/mol. The molecule has 0 aliphatic carbocycles.